The number of aryl methyl sites for hydroxylation is 1. The van der Waals surface area contributed by atoms with Crippen LogP contribution in [0.4, 0.5) is 0 Å². The zero-order valence-electron chi connectivity index (χ0n) is 10.3. The molecule has 0 saturated heterocycles. The monoisotopic (exact) mass is 251 g/mol. The normalized spacial score (nSPS) is 16.5. The molecule has 1 aromatic carbocycles. The first kappa shape index (κ1) is 12.5. The summed E-state index contributed by atoms with van der Waals surface area (Å²) in [5, 5.41) is 4.24. The van der Waals surface area contributed by atoms with E-state index in [2.05, 4.69) is 30.4 Å². The van der Waals surface area contributed by atoms with Crippen molar-refractivity contribution >= 4 is 11.6 Å². The molecule has 17 heavy (non-hydrogen) atoms. The Hall–Kier alpha value is -0.990. The average Bonchev–Trinajstić information content (AvgIpc) is 2.83. The minimum absolute atomic E-state index is 0.126. The van der Waals surface area contributed by atoms with Crippen molar-refractivity contribution in [2.75, 3.05) is 13.2 Å². The van der Waals surface area contributed by atoms with Crippen LogP contribution in [0.5, 0.6) is 0 Å². The molecular weight excluding hydrogens is 234 g/mol. The Morgan fingerprint density at radius 1 is 1.47 bits per heavy atom. The molecule has 0 fully saturated rings. The molecule has 1 aromatic rings. The predicted molar refractivity (Wildman–Crippen MR) is 71.3 cm³/mol. The number of nitrogens with one attached hydrogen (secondary N) is 1. The average molecular weight is 252 g/mol. The predicted octanol–water partition coefficient (Wildman–Crippen LogP) is 3.60. The Bertz CT molecular complexity index is 428. The topological polar surface area (TPSA) is 21.3 Å². The molecule has 0 aliphatic carbocycles. The van der Waals surface area contributed by atoms with E-state index in [9.17, 15) is 0 Å². The summed E-state index contributed by atoms with van der Waals surface area (Å²) in [6, 6.07) is 6.31. The van der Waals surface area contributed by atoms with Gasteiger partial charge in [0.25, 0.3) is 0 Å². The summed E-state index contributed by atoms with van der Waals surface area (Å²) in [4.78, 5) is 0. The van der Waals surface area contributed by atoms with E-state index in [0.717, 1.165) is 41.5 Å². The van der Waals surface area contributed by atoms with Crippen LogP contribution in [0.3, 0.4) is 0 Å². The molecule has 92 valence electrons. The SMILES string of the molecule is CCNC(C1=CCCO1)c1ccc(C)c(Cl)c1. The van der Waals surface area contributed by atoms with Crippen LogP contribution in [0, 0.1) is 6.92 Å². The molecule has 1 N–H and O–H groups in total. The lowest BCUT2D eigenvalue weighted by molar-refractivity contribution is 0.216. The van der Waals surface area contributed by atoms with Gasteiger partial charge in [-0.15, -0.1) is 0 Å². The Morgan fingerprint density at radius 2 is 2.29 bits per heavy atom. The lowest BCUT2D eigenvalue weighted by Gasteiger charge is -2.20. The second-order valence-corrected chi connectivity index (χ2v) is 4.65. The molecule has 0 spiro atoms. The molecule has 1 heterocycles. The lowest BCUT2D eigenvalue weighted by Crippen LogP contribution is -2.23. The van der Waals surface area contributed by atoms with E-state index in [0.29, 0.717) is 0 Å². The van der Waals surface area contributed by atoms with Crippen LogP contribution < -0.4 is 5.32 Å². The van der Waals surface area contributed by atoms with Crippen LogP contribution in [0.2, 0.25) is 5.02 Å². The number of rotatable bonds is 4. The van der Waals surface area contributed by atoms with E-state index in [1.54, 1.807) is 0 Å². The highest BCUT2D eigenvalue weighted by Crippen LogP contribution is 2.29. The van der Waals surface area contributed by atoms with Crippen molar-refractivity contribution in [1.82, 2.24) is 5.32 Å². The molecule has 2 rings (SSSR count). The van der Waals surface area contributed by atoms with Gasteiger partial charge in [-0.05, 0) is 36.7 Å². The first-order valence-electron chi connectivity index (χ1n) is 6.04. The van der Waals surface area contributed by atoms with Gasteiger partial charge in [-0.1, -0.05) is 30.7 Å². The van der Waals surface area contributed by atoms with Gasteiger partial charge < -0.3 is 10.1 Å². The molecule has 1 unspecified atom stereocenters. The minimum atomic E-state index is 0.126. The van der Waals surface area contributed by atoms with Crippen molar-refractivity contribution in [2.45, 2.75) is 26.3 Å². The van der Waals surface area contributed by atoms with Gasteiger partial charge in [0.1, 0.15) is 5.76 Å². The van der Waals surface area contributed by atoms with E-state index < -0.39 is 0 Å². The number of halogens is 1. The highest BCUT2D eigenvalue weighted by molar-refractivity contribution is 6.31. The van der Waals surface area contributed by atoms with Crippen molar-refractivity contribution in [3.05, 3.63) is 46.2 Å². The summed E-state index contributed by atoms with van der Waals surface area (Å²) in [5.41, 5.74) is 2.27. The summed E-state index contributed by atoms with van der Waals surface area (Å²) in [6.07, 6.45) is 3.15. The van der Waals surface area contributed by atoms with E-state index in [4.69, 9.17) is 16.3 Å². The fourth-order valence-electron chi connectivity index (χ4n) is 2.01. The second kappa shape index (κ2) is 5.56. The summed E-state index contributed by atoms with van der Waals surface area (Å²) in [7, 11) is 0. The van der Waals surface area contributed by atoms with Crippen LogP contribution in [-0.4, -0.2) is 13.2 Å². The fraction of sp³-hybridized carbons (Fsp3) is 0.429. The number of likely N-dealkylation sites (N-methyl/N-ethyl adjacent to an activating group) is 1. The van der Waals surface area contributed by atoms with Crippen molar-refractivity contribution in [3.8, 4) is 0 Å². The van der Waals surface area contributed by atoms with E-state index in [-0.39, 0.29) is 6.04 Å². The summed E-state index contributed by atoms with van der Waals surface area (Å²) < 4.78 is 5.65. The quantitative estimate of drug-likeness (QED) is 0.883. The minimum Gasteiger partial charge on any atom is -0.496 e. The molecule has 1 atom stereocenters. The third-order valence-corrected chi connectivity index (χ3v) is 3.36. The number of ether oxygens (including phenoxy) is 1. The van der Waals surface area contributed by atoms with E-state index in [1.165, 1.54) is 0 Å². The highest BCUT2D eigenvalue weighted by atomic mass is 35.5. The first-order chi connectivity index (χ1) is 8.22. The molecule has 2 nitrogen and oxygen atoms in total. The maximum Gasteiger partial charge on any atom is 0.114 e. The fourth-order valence-corrected chi connectivity index (χ4v) is 2.20. The summed E-state index contributed by atoms with van der Waals surface area (Å²) in [5.74, 6) is 1.02. The Kier molecular flexibility index (Phi) is 4.08. The molecular formula is C14H18ClNO. The maximum atomic E-state index is 6.18. The molecule has 0 radical (unpaired) electrons. The second-order valence-electron chi connectivity index (χ2n) is 4.24. The van der Waals surface area contributed by atoms with Crippen LogP contribution >= 0.6 is 11.6 Å². The van der Waals surface area contributed by atoms with Crippen molar-refractivity contribution in [2.24, 2.45) is 0 Å². The molecule has 0 bridgehead atoms. The Labute approximate surface area is 108 Å². The summed E-state index contributed by atoms with van der Waals surface area (Å²) in [6.45, 7) is 5.80. The van der Waals surface area contributed by atoms with Gasteiger partial charge >= 0.3 is 0 Å². The maximum absolute atomic E-state index is 6.18. The third kappa shape index (κ3) is 2.82. The largest absolute Gasteiger partial charge is 0.496 e. The van der Waals surface area contributed by atoms with Crippen LogP contribution in [-0.2, 0) is 4.74 Å². The van der Waals surface area contributed by atoms with Gasteiger partial charge in [0, 0.05) is 11.4 Å². The van der Waals surface area contributed by atoms with Gasteiger partial charge in [-0.2, -0.15) is 0 Å². The van der Waals surface area contributed by atoms with E-state index >= 15 is 0 Å². The van der Waals surface area contributed by atoms with Gasteiger partial charge in [-0.3, -0.25) is 0 Å². The van der Waals surface area contributed by atoms with Gasteiger partial charge in [0.15, 0.2) is 0 Å². The van der Waals surface area contributed by atoms with Crippen molar-refractivity contribution in [1.29, 1.82) is 0 Å². The molecule has 1 aliphatic heterocycles. The van der Waals surface area contributed by atoms with Gasteiger partial charge in [0.05, 0.1) is 12.6 Å². The van der Waals surface area contributed by atoms with Crippen molar-refractivity contribution in [3.63, 3.8) is 0 Å². The standard InChI is InChI=1S/C14H18ClNO/c1-3-16-14(13-5-4-8-17-13)11-7-6-10(2)12(15)9-11/h5-7,9,14,16H,3-4,8H2,1-2H3. The summed E-state index contributed by atoms with van der Waals surface area (Å²) >= 11 is 6.18. The molecule has 3 heteroatoms. The smallest absolute Gasteiger partial charge is 0.114 e. The van der Waals surface area contributed by atoms with E-state index in [1.807, 2.05) is 13.0 Å². The van der Waals surface area contributed by atoms with Gasteiger partial charge in [0.2, 0.25) is 0 Å². The first-order valence-corrected chi connectivity index (χ1v) is 6.42. The zero-order chi connectivity index (χ0) is 12.3. The van der Waals surface area contributed by atoms with Crippen LogP contribution in [0.1, 0.15) is 30.5 Å². The number of benzene rings is 1. The third-order valence-electron chi connectivity index (χ3n) is 2.95. The molecule has 1 aliphatic rings. The van der Waals surface area contributed by atoms with Crippen LogP contribution in [0.25, 0.3) is 0 Å². The molecule has 0 saturated carbocycles. The Morgan fingerprint density at radius 3 is 2.88 bits per heavy atom. The Balaban J connectivity index is 2.28. The lowest BCUT2D eigenvalue weighted by atomic mass is 10.0. The van der Waals surface area contributed by atoms with Gasteiger partial charge in [-0.25, -0.2) is 0 Å². The number of hydrogen-bond donors (Lipinski definition) is 1. The highest BCUT2D eigenvalue weighted by Gasteiger charge is 2.20. The molecule has 0 aromatic heterocycles. The number of hydrogen-bond acceptors (Lipinski definition) is 2. The zero-order valence-corrected chi connectivity index (χ0v) is 11.1. The van der Waals surface area contributed by atoms with Crippen molar-refractivity contribution < 1.29 is 4.74 Å². The van der Waals surface area contributed by atoms with Crippen LogP contribution in [0.15, 0.2) is 30.0 Å². The molecule has 0 amide bonds.